The third-order valence-electron chi connectivity index (χ3n) is 9.62. The summed E-state index contributed by atoms with van der Waals surface area (Å²) < 4.78 is 79.0. The minimum absolute atomic E-state index is 0.0269. The van der Waals surface area contributed by atoms with Crippen LogP contribution in [0.4, 0.5) is 22.0 Å². The summed E-state index contributed by atoms with van der Waals surface area (Å²) in [5, 5.41) is 12.4. The standard InChI is InChI=1S/C37H42F5N3O5/c1-19(2)8-31(45-16-23(29(14-32(45)46)37(40,41)42)6-7-44-17-27-13-26(44)18-50-27)36(49)43-30(15-33(47)48)28-12-24(9-22(5)35(28)39)34-20(3)10-25(38)11-21(34)4/h9-12,14,16,19,26-27,30-31H,6-8,13,15,17-18H2,1-5H3,(H,43,49)(H,47,48)/t26-,27-,30-,31-/m1/s1. The maximum Gasteiger partial charge on any atom is 0.416 e. The van der Waals surface area contributed by atoms with Crippen LogP contribution in [0.25, 0.3) is 11.1 Å². The number of carboxylic acids is 1. The summed E-state index contributed by atoms with van der Waals surface area (Å²) in [7, 11) is 0. The van der Waals surface area contributed by atoms with Crippen LogP contribution in [0.3, 0.4) is 0 Å². The van der Waals surface area contributed by atoms with Crippen molar-refractivity contribution < 1.29 is 41.4 Å². The lowest BCUT2D eigenvalue weighted by atomic mass is 9.90. The lowest BCUT2D eigenvalue weighted by Crippen LogP contribution is -2.41. The highest BCUT2D eigenvalue weighted by molar-refractivity contribution is 5.82. The summed E-state index contributed by atoms with van der Waals surface area (Å²) in [5.41, 5.74) is -0.00728. The van der Waals surface area contributed by atoms with E-state index in [0.29, 0.717) is 48.0 Å². The van der Waals surface area contributed by atoms with E-state index in [0.717, 1.165) is 17.2 Å². The first-order chi connectivity index (χ1) is 23.4. The Morgan fingerprint density at radius 1 is 1.04 bits per heavy atom. The number of likely N-dealkylation sites (tertiary alicyclic amines) is 1. The monoisotopic (exact) mass is 703 g/mol. The smallest absolute Gasteiger partial charge is 0.416 e. The van der Waals surface area contributed by atoms with Crippen molar-refractivity contribution in [1.29, 1.82) is 0 Å². The summed E-state index contributed by atoms with van der Waals surface area (Å²) in [4.78, 5) is 41.5. The Bertz CT molecular complexity index is 1820. The van der Waals surface area contributed by atoms with Crippen LogP contribution in [0.1, 0.15) is 78.6 Å². The topological polar surface area (TPSA) is 101 Å². The van der Waals surface area contributed by atoms with Crippen LogP contribution in [0, 0.1) is 38.3 Å². The number of carbonyl (C=O) groups excluding carboxylic acids is 1. The quantitative estimate of drug-likeness (QED) is 0.205. The van der Waals surface area contributed by atoms with Gasteiger partial charge in [-0.15, -0.1) is 0 Å². The van der Waals surface area contributed by atoms with E-state index in [1.807, 2.05) is 0 Å². The Hall–Kier alpha value is -4.10. The lowest BCUT2D eigenvalue weighted by molar-refractivity contribution is -0.139. The molecule has 2 aliphatic rings. The van der Waals surface area contributed by atoms with Crippen LogP contribution < -0.4 is 10.9 Å². The largest absolute Gasteiger partial charge is 0.481 e. The van der Waals surface area contributed by atoms with E-state index in [1.165, 1.54) is 25.1 Å². The number of morpholine rings is 1. The fourth-order valence-corrected chi connectivity index (χ4v) is 7.35. The van der Waals surface area contributed by atoms with Crippen LogP contribution in [0.15, 0.2) is 41.3 Å². The molecular weight excluding hydrogens is 661 g/mol. The molecule has 1 aromatic heterocycles. The van der Waals surface area contributed by atoms with Gasteiger partial charge in [0, 0.05) is 37.0 Å². The number of ether oxygens (including phenoxy) is 1. The second-order valence-corrected chi connectivity index (χ2v) is 14.0. The molecule has 4 atom stereocenters. The molecule has 0 saturated carbocycles. The Labute approximate surface area is 287 Å². The molecule has 1 amide bonds. The van der Waals surface area contributed by atoms with Gasteiger partial charge in [-0.05, 0) is 104 Å². The highest BCUT2D eigenvalue weighted by Crippen LogP contribution is 2.36. The number of nitrogens with zero attached hydrogens (tertiary/aromatic N) is 2. The summed E-state index contributed by atoms with van der Waals surface area (Å²) in [6.45, 7) is 9.83. The number of hydrogen-bond donors (Lipinski definition) is 2. The van der Waals surface area contributed by atoms with Crippen molar-refractivity contribution in [3.63, 3.8) is 0 Å². The van der Waals surface area contributed by atoms with Gasteiger partial charge in [0.2, 0.25) is 5.91 Å². The number of alkyl halides is 3. The molecule has 2 aliphatic heterocycles. The Morgan fingerprint density at radius 2 is 1.72 bits per heavy atom. The molecular formula is C37H42F5N3O5. The first-order valence-corrected chi connectivity index (χ1v) is 16.7. The molecule has 2 bridgehead atoms. The minimum Gasteiger partial charge on any atom is -0.481 e. The maximum absolute atomic E-state index is 15.8. The van der Waals surface area contributed by atoms with E-state index in [9.17, 15) is 37.1 Å². The third kappa shape index (κ3) is 8.10. The van der Waals surface area contributed by atoms with Gasteiger partial charge in [-0.3, -0.25) is 19.3 Å². The van der Waals surface area contributed by atoms with E-state index < -0.39 is 59.3 Å². The highest BCUT2D eigenvalue weighted by Gasteiger charge is 2.40. The SMILES string of the molecule is Cc1cc(-c2c(C)cc(F)cc2C)cc([C@@H](CC(=O)O)NC(=O)[C@@H](CC(C)C)n2cc(CCN3C[C@H]4C[C@@H]3CO4)c(C(F)(F)F)cc2=O)c1F. The fraction of sp³-hybridized carbons (Fsp3) is 0.486. The van der Waals surface area contributed by atoms with Gasteiger partial charge in [0.1, 0.15) is 17.7 Å². The normalized spacial score (nSPS) is 18.9. The maximum atomic E-state index is 15.8. The number of fused-ring (bicyclic) bond motifs is 2. The van der Waals surface area contributed by atoms with Crippen molar-refractivity contribution in [3.8, 4) is 11.1 Å². The first kappa shape index (κ1) is 37.2. The molecule has 0 unspecified atom stereocenters. The van der Waals surface area contributed by atoms with Gasteiger partial charge in [-0.1, -0.05) is 13.8 Å². The molecule has 0 radical (unpaired) electrons. The first-order valence-electron chi connectivity index (χ1n) is 16.7. The van der Waals surface area contributed by atoms with E-state index in [2.05, 4.69) is 10.2 Å². The zero-order chi connectivity index (χ0) is 36.7. The molecule has 0 aliphatic carbocycles. The molecule has 8 nitrogen and oxygen atoms in total. The van der Waals surface area contributed by atoms with Crippen molar-refractivity contribution in [2.24, 2.45) is 5.92 Å². The molecule has 3 aromatic rings. The number of aryl methyl sites for hydroxylation is 3. The number of carboxylic acid groups (broad SMARTS) is 1. The summed E-state index contributed by atoms with van der Waals surface area (Å²) in [6.07, 6.45) is -3.60. The number of halogens is 5. The molecule has 50 heavy (non-hydrogen) atoms. The molecule has 13 heteroatoms. The molecule has 2 saturated heterocycles. The van der Waals surface area contributed by atoms with E-state index >= 15 is 4.39 Å². The number of rotatable bonds is 12. The zero-order valence-electron chi connectivity index (χ0n) is 28.7. The van der Waals surface area contributed by atoms with Gasteiger partial charge in [0.15, 0.2) is 0 Å². The lowest BCUT2D eigenvalue weighted by Gasteiger charge is -2.28. The Balaban J connectivity index is 1.52. The Morgan fingerprint density at radius 3 is 2.28 bits per heavy atom. The molecule has 2 N–H and O–H groups in total. The number of nitrogens with one attached hydrogen (secondary N) is 1. The van der Waals surface area contributed by atoms with Crippen molar-refractivity contribution in [2.45, 2.75) is 90.7 Å². The van der Waals surface area contributed by atoms with Crippen molar-refractivity contribution in [3.05, 3.63) is 91.9 Å². The van der Waals surface area contributed by atoms with Crippen LogP contribution in [0.2, 0.25) is 0 Å². The molecule has 5 rings (SSSR count). The van der Waals surface area contributed by atoms with Gasteiger partial charge in [-0.2, -0.15) is 13.2 Å². The fourth-order valence-electron chi connectivity index (χ4n) is 7.35. The summed E-state index contributed by atoms with van der Waals surface area (Å²) >= 11 is 0. The predicted octanol–water partition coefficient (Wildman–Crippen LogP) is 6.67. The summed E-state index contributed by atoms with van der Waals surface area (Å²) in [6, 6.07) is 3.50. The number of aromatic nitrogens is 1. The number of benzene rings is 2. The average Bonchev–Trinajstić information content (AvgIpc) is 3.63. The van der Waals surface area contributed by atoms with Crippen molar-refractivity contribution in [1.82, 2.24) is 14.8 Å². The average molecular weight is 704 g/mol. The van der Waals surface area contributed by atoms with Crippen LogP contribution in [-0.2, 0) is 26.9 Å². The molecule has 0 spiro atoms. The van der Waals surface area contributed by atoms with Gasteiger partial charge in [0.05, 0.1) is 30.7 Å². The predicted molar refractivity (Wildman–Crippen MR) is 177 cm³/mol. The van der Waals surface area contributed by atoms with Gasteiger partial charge in [0.25, 0.3) is 5.56 Å². The van der Waals surface area contributed by atoms with Crippen LogP contribution >= 0.6 is 0 Å². The van der Waals surface area contributed by atoms with Crippen LogP contribution in [-0.4, -0.2) is 58.3 Å². The van der Waals surface area contributed by atoms with Crippen molar-refractivity contribution in [2.75, 3.05) is 19.7 Å². The van der Waals surface area contributed by atoms with Gasteiger partial charge < -0.3 is 19.7 Å². The molecule has 270 valence electrons. The van der Waals surface area contributed by atoms with Gasteiger partial charge in [-0.25, -0.2) is 8.78 Å². The number of pyridine rings is 1. The van der Waals surface area contributed by atoms with Gasteiger partial charge >= 0.3 is 12.1 Å². The minimum atomic E-state index is -4.81. The summed E-state index contributed by atoms with van der Waals surface area (Å²) in [5.74, 6) is -3.61. The second kappa shape index (κ2) is 14.6. The third-order valence-corrected chi connectivity index (χ3v) is 9.62. The number of carbonyl (C=O) groups is 2. The van der Waals surface area contributed by atoms with E-state index in [1.54, 1.807) is 33.8 Å². The molecule has 2 aromatic carbocycles. The van der Waals surface area contributed by atoms with E-state index in [-0.39, 0.29) is 47.6 Å². The number of aliphatic carboxylic acids is 1. The van der Waals surface area contributed by atoms with Crippen molar-refractivity contribution >= 4 is 11.9 Å². The second-order valence-electron chi connectivity index (χ2n) is 14.0. The number of hydrogen-bond acceptors (Lipinski definition) is 5. The van der Waals surface area contributed by atoms with E-state index in [4.69, 9.17) is 4.74 Å². The zero-order valence-corrected chi connectivity index (χ0v) is 28.7. The molecule has 2 fully saturated rings. The van der Waals surface area contributed by atoms with Crippen LogP contribution in [0.5, 0.6) is 0 Å². The highest BCUT2D eigenvalue weighted by atomic mass is 19.4. The number of amides is 1. The Kier molecular flexibility index (Phi) is 10.9. The molecule has 3 heterocycles.